The van der Waals surface area contributed by atoms with Crippen molar-refractivity contribution in [3.8, 4) is 6.07 Å². The second-order valence-electron chi connectivity index (χ2n) is 5.41. The topological polar surface area (TPSA) is 39.1 Å². The highest BCUT2D eigenvalue weighted by atomic mass is 15.0. The third-order valence-corrected chi connectivity index (χ3v) is 3.38. The number of nitrogens with zero attached hydrogens (tertiary/aromatic N) is 2. The van der Waals surface area contributed by atoms with Crippen molar-refractivity contribution < 1.29 is 0 Å². The Labute approximate surface area is 126 Å². The van der Waals surface area contributed by atoms with E-state index in [1.165, 1.54) is 11.1 Å². The zero-order chi connectivity index (χ0) is 15.1. The second-order valence-corrected chi connectivity index (χ2v) is 5.41. The minimum atomic E-state index is 0.698. The molecule has 0 aliphatic heterocycles. The van der Waals surface area contributed by atoms with Crippen LogP contribution < -0.4 is 5.32 Å². The van der Waals surface area contributed by atoms with Crippen LogP contribution in [0.1, 0.15) is 16.7 Å². The number of benzene rings is 2. The minimum Gasteiger partial charge on any atom is -0.381 e. The number of rotatable bonds is 6. The lowest BCUT2D eigenvalue weighted by Crippen LogP contribution is -2.14. The summed E-state index contributed by atoms with van der Waals surface area (Å²) >= 11 is 0. The maximum atomic E-state index is 8.77. The quantitative estimate of drug-likeness (QED) is 0.882. The van der Waals surface area contributed by atoms with E-state index in [1.807, 2.05) is 24.3 Å². The lowest BCUT2D eigenvalue weighted by molar-refractivity contribution is 0.413. The third-order valence-electron chi connectivity index (χ3n) is 3.38. The van der Waals surface area contributed by atoms with Crippen molar-refractivity contribution in [1.82, 2.24) is 4.90 Å². The Bertz CT molecular complexity index is 592. The van der Waals surface area contributed by atoms with E-state index in [9.17, 15) is 0 Å². The summed E-state index contributed by atoms with van der Waals surface area (Å²) < 4.78 is 0. The van der Waals surface area contributed by atoms with E-state index in [2.05, 4.69) is 54.6 Å². The Morgan fingerprint density at radius 3 is 2.14 bits per heavy atom. The van der Waals surface area contributed by atoms with Gasteiger partial charge in [0.15, 0.2) is 0 Å². The molecular weight excluding hydrogens is 258 g/mol. The Kier molecular flexibility index (Phi) is 5.36. The molecule has 0 radical (unpaired) electrons. The van der Waals surface area contributed by atoms with Crippen LogP contribution >= 0.6 is 0 Å². The van der Waals surface area contributed by atoms with E-state index in [-0.39, 0.29) is 0 Å². The molecule has 0 bridgehead atoms. The third kappa shape index (κ3) is 4.94. The maximum Gasteiger partial charge on any atom is 0.0991 e. The van der Waals surface area contributed by atoms with Crippen molar-refractivity contribution in [3.05, 3.63) is 65.2 Å². The van der Waals surface area contributed by atoms with Crippen LogP contribution in [0.25, 0.3) is 0 Å². The molecule has 0 atom stereocenters. The molecule has 0 aliphatic rings. The van der Waals surface area contributed by atoms with E-state index in [0.29, 0.717) is 5.56 Å². The van der Waals surface area contributed by atoms with Gasteiger partial charge >= 0.3 is 0 Å². The molecule has 0 saturated heterocycles. The standard InChI is InChI=1S/C18H21N3/c1-21(2)12-11-15-7-9-18(10-8-15)20-14-17-5-3-16(13-19)4-6-17/h3-10,20H,11-12,14H2,1-2H3. The fourth-order valence-corrected chi connectivity index (χ4v) is 2.04. The number of hydrogen-bond donors (Lipinski definition) is 1. The van der Waals surface area contributed by atoms with E-state index in [4.69, 9.17) is 5.26 Å². The van der Waals surface area contributed by atoms with Crippen molar-refractivity contribution in [1.29, 1.82) is 5.26 Å². The first-order chi connectivity index (χ1) is 10.2. The molecule has 2 rings (SSSR count). The highest BCUT2D eigenvalue weighted by molar-refractivity contribution is 5.45. The summed E-state index contributed by atoms with van der Waals surface area (Å²) in [5, 5.41) is 12.2. The normalized spacial score (nSPS) is 10.4. The molecule has 0 unspecified atom stereocenters. The molecule has 108 valence electrons. The Morgan fingerprint density at radius 2 is 1.57 bits per heavy atom. The summed E-state index contributed by atoms with van der Waals surface area (Å²) in [6, 6.07) is 18.4. The number of anilines is 1. The summed E-state index contributed by atoms with van der Waals surface area (Å²) in [6.45, 7) is 1.83. The van der Waals surface area contributed by atoms with Crippen molar-refractivity contribution in [3.63, 3.8) is 0 Å². The van der Waals surface area contributed by atoms with Gasteiger partial charge < -0.3 is 10.2 Å². The average Bonchev–Trinajstić information content (AvgIpc) is 2.52. The van der Waals surface area contributed by atoms with Gasteiger partial charge in [0.2, 0.25) is 0 Å². The summed E-state index contributed by atoms with van der Waals surface area (Å²) in [7, 11) is 4.18. The lowest BCUT2D eigenvalue weighted by atomic mass is 10.1. The first-order valence-corrected chi connectivity index (χ1v) is 7.14. The molecule has 2 aromatic rings. The molecule has 3 nitrogen and oxygen atoms in total. The fourth-order valence-electron chi connectivity index (χ4n) is 2.04. The molecule has 0 fully saturated rings. The maximum absolute atomic E-state index is 8.77. The number of nitrogens with one attached hydrogen (secondary N) is 1. The van der Waals surface area contributed by atoms with Crippen LogP contribution in [0.15, 0.2) is 48.5 Å². The van der Waals surface area contributed by atoms with Crippen molar-refractivity contribution in [2.24, 2.45) is 0 Å². The molecule has 0 heterocycles. The van der Waals surface area contributed by atoms with Crippen molar-refractivity contribution >= 4 is 5.69 Å². The van der Waals surface area contributed by atoms with E-state index >= 15 is 0 Å². The van der Waals surface area contributed by atoms with Crippen LogP contribution in [0, 0.1) is 11.3 Å². The predicted octanol–water partition coefficient (Wildman–Crippen LogP) is 3.27. The molecule has 3 heteroatoms. The molecule has 1 N–H and O–H groups in total. The van der Waals surface area contributed by atoms with Gasteiger partial charge in [-0.25, -0.2) is 0 Å². The molecule has 0 aliphatic carbocycles. The van der Waals surface area contributed by atoms with Gasteiger partial charge in [0.1, 0.15) is 0 Å². The molecule has 0 spiro atoms. The van der Waals surface area contributed by atoms with Crippen LogP contribution in [0.5, 0.6) is 0 Å². The molecular formula is C18H21N3. The number of likely N-dealkylation sites (N-methyl/N-ethyl adjacent to an activating group) is 1. The minimum absolute atomic E-state index is 0.698. The van der Waals surface area contributed by atoms with Crippen LogP contribution in [0.3, 0.4) is 0 Å². The largest absolute Gasteiger partial charge is 0.381 e. The molecule has 21 heavy (non-hydrogen) atoms. The molecule has 0 aromatic heterocycles. The molecule has 0 saturated carbocycles. The van der Waals surface area contributed by atoms with Crippen LogP contribution in [-0.4, -0.2) is 25.5 Å². The lowest BCUT2D eigenvalue weighted by Gasteiger charge is -2.10. The van der Waals surface area contributed by atoms with Gasteiger partial charge in [-0.2, -0.15) is 5.26 Å². The Balaban J connectivity index is 1.86. The number of hydrogen-bond acceptors (Lipinski definition) is 3. The summed E-state index contributed by atoms with van der Waals surface area (Å²) in [5.74, 6) is 0. The highest BCUT2D eigenvalue weighted by Crippen LogP contribution is 2.12. The Morgan fingerprint density at radius 1 is 0.952 bits per heavy atom. The first kappa shape index (κ1) is 15.1. The Hall–Kier alpha value is -2.31. The van der Waals surface area contributed by atoms with Gasteiger partial charge in [0.25, 0.3) is 0 Å². The SMILES string of the molecule is CN(C)CCc1ccc(NCc2ccc(C#N)cc2)cc1. The van der Waals surface area contributed by atoms with Crippen molar-refractivity contribution in [2.45, 2.75) is 13.0 Å². The zero-order valence-corrected chi connectivity index (χ0v) is 12.6. The van der Waals surface area contributed by atoms with Crippen LogP contribution in [0.2, 0.25) is 0 Å². The van der Waals surface area contributed by atoms with E-state index < -0.39 is 0 Å². The van der Waals surface area contributed by atoms with Gasteiger partial charge in [-0.15, -0.1) is 0 Å². The van der Waals surface area contributed by atoms with Gasteiger partial charge in [-0.1, -0.05) is 24.3 Å². The molecule has 0 amide bonds. The molecule has 2 aromatic carbocycles. The van der Waals surface area contributed by atoms with Gasteiger partial charge in [0.05, 0.1) is 11.6 Å². The van der Waals surface area contributed by atoms with Gasteiger partial charge in [0, 0.05) is 18.8 Å². The zero-order valence-electron chi connectivity index (χ0n) is 12.6. The monoisotopic (exact) mass is 279 g/mol. The summed E-state index contributed by atoms with van der Waals surface area (Å²) in [5.41, 5.74) is 4.34. The number of nitriles is 1. The van der Waals surface area contributed by atoms with Gasteiger partial charge in [-0.3, -0.25) is 0 Å². The first-order valence-electron chi connectivity index (χ1n) is 7.14. The van der Waals surface area contributed by atoms with Crippen LogP contribution in [0.4, 0.5) is 5.69 Å². The average molecular weight is 279 g/mol. The van der Waals surface area contributed by atoms with E-state index in [0.717, 1.165) is 25.2 Å². The predicted molar refractivity (Wildman–Crippen MR) is 87.2 cm³/mol. The van der Waals surface area contributed by atoms with Gasteiger partial charge in [-0.05, 0) is 55.9 Å². The smallest absolute Gasteiger partial charge is 0.0991 e. The highest BCUT2D eigenvalue weighted by Gasteiger charge is 1.98. The fraction of sp³-hybridized carbons (Fsp3) is 0.278. The summed E-state index contributed by atoms with van der Waals surface area (Å²) in [4.78, 5) is 2.19. The van der Waals surface area contributed by atoms with Crippen LogP contribution in [-0.2, 0) is 13.0 Å². The van der Waals surface area contributed by atoms with E-state index in [1.54, 1.807) is 0 Å². The van der Waals surface area contributed by atoms with Crippen molar-refractivity contribution in [2.75, 3.05) is 26.0 Å². The summed E-state index contributed by atoms with van der Waals surface area (Å²) in [6.07, 6.45) is 1.07. The second kappa shape index (κ2) is 7.47.